The molecule has 0 amide bonds. The van der Waals surface area contributed by atoms with Crippen LogP contribution in [0.1, 0.15) is 49.9 Å². The molecule has 1 heterocycles. The van der Waals surface area contributed by atoms with Crippen molar-refractivity contribution in [2.45, 2.75) is 52.0 Å². The molecular weight excluding hydrogens is 222 g/mol. The standard InChI is InChI=1S/C15H21N3/c1-4-6-11(2)18(3)15-13(10-16)9-12-7-5-8-14(12)17-15/h9,11H,4-8H2,1-3H3. The van der Waals surface area contributed by atoms with Crippen LogP contribution in [-0.4, -0.2) is 18.1 Å². The Morgan fingerprint density at radius 2 is 2.28 bits per heavy atom. The summed E-state index contributed by atoms with van der Waals surface area (Å²) < 4.78 is 0. The molecule has 0 saturated heterocycles. The van der Waals surface area contributed by atoms with E-state index >= 15 is 0 Å². The molecular formula is C15H21N3. The lowest BCUT2D eigenvalue weighted by Crippen LogP contribution is -2.30. The maximum Gasteiger partial charge on any atom is 0.146 e. The van der Waals surface area contributed by atoms with Crippen molar-refractivity contribution in [2.75, 3.05) is 11.9 Å². The molecule has 1 atom stereocenters. The second-order valence-corrected chi connectivity index (χ2v) is 5.18. The zero-order valence-electron chi connectivity index (χ0n) is 11.5. The Labute approximate surface area is 109 Å². The van der Waals surface area contributed by atoms with Crippen molar-refractivity contribution >= 4 is 5.82 Å². The second kappa shape index (κ2) is 5.39. The average molecular weight is 243 g/mol. The van der Waals surface area contributed by atoms with Crippen molar-refractivity contribution in [3.63, 3.8) is 0 Å². The molecule has 3 heteroatoms. The molecule has 0 saturated carbocycles. The van der Waals surface area contributed by atoms with E-state index < -0.39 is 0 Å². The number of rotatable bonds is 4. The summed E-state index contributed by atoms with van der Waals surface area (Å²) in [5.74, 6) is 0.860. The van der Waals surface area contributed by atoms with Crippen LogP contribution in [0.15, 0.2) is 6.07 Å². The van der Waals surface area contributed by atoms with E-state index in [2.05, 4.69) is 24.8 Å². The molecule has 0 bridgehead atoms. The Balaban J connectivity index is 2.35. The van der Waals surface area contributed by atoms with Crippen LogP contribution in [0.3, 0.4) is 0 Å². The van der Waals surface area contributed by atoms with E-state index in [-0.39, 0.29) is 0 Å². The molecule has 1 aromatic rings. The lowest BCUT2D eigenvalue weighted by Gasteiger charge is -2.27. The van der Waals surface area contributed by atoms with Gasteiger partial charge in [-0.1, -0.05) is 13.3 Å². The number of fused-ring (bicyclic) bond motifs is 1. The van der Waals surface area contributed by atoms with E-state index in [0.717, 1.165) is 37.1 Å². The Morgan fingerprint density at radius 1 is 1.50 bits per heavy atom. The summed E-state index contributed by atoms with van der Waals surface area (Å²) in [4.78, 5) is 6.88. The average Bonchev–Trinajstić information content (AvgIpc) is 2.83. The maximum absolute atomic E-state index is 9.29. The minimum Gasteiger partial charge on any atom is -0.356 e. The first kappa shape index (κ1) is 12.9. The van der Waals surface area contributed by atoms with Gasteiger partial charge < -0.3 is 4.90 Å². The molecule has 1 aliphatic rings. The number of hydrogen-bond acceptors (Lipinski definition) is 3. The van der Waals surface area contributed by atoms with Gasteiger partial charge in [0.05, 0.1) is 5.56 Å². The van der Waals surface area contributed by atoms with Gasteiger partial charge in [-0.3, -0.25) is 0 Å². The summed E-state index contributed by atoms with van der Waals surface area (Å²) in [6.07, 6.45) is 5.58. The summed E-state index contributed by atoms with van der Waals surface area (Å²) in [5, 5.41) is 9.29. The third-order valence-electron chi connectivity index (χ3n) is 3.85. The van der Waals surface area contributed by atoms with E-state index in [0.29, 0.717) is 6.04 Å². The van der Waals surface area contributed by atoms with Gasteiger partial charge in [-0.15, -0.1) is 0 Å². The van der Waals surface area contributed by atoms with Gasteiger partial charge in [-0.25, -0.2) is 4.98 Å². The molecule has 0 aromatic carbocycles. The first-order chi connectivity index (χ1) is 8.67. The van der Waals surface area contributed by atoms with Crippen LogP contribution in [0.5, 0.6) is 0 Å². The highest BCUT2D eigenvalue weighted by molar-refractivity contribution is 5.56. The monoisotopic (exact) mass is 243 g/mol. The van der Waals surface area contributed by atoms with Crippen molar-refractivity contribution in [3.05, 3.63) is 22.9 Å². The second-order valence-electron chi connectivity index (χ2n) is 5.18. The summed E-state index contributed by atoms with van der Waals surface area (Å²) in [7, 11) is 2.05. The number of nitriles is 1. The van der Waals surface area contributed by atoms with E-state index in [1.807, 2.05) is 13.1 Å². The lowest BCUT2D eigenvalue weighted by molar-refractivity contribution is 0.610. The van der Waals surface area contributed by atoms with Crippen molar-refractivity contribution in [3.8, 4) is 6.07 Å². The first-order valence-electron chi connectivity index (χ1n) is 6.83. The van der Waals surface area contributed by atoms with Gasteiger partial charge >= 0.3 is 0 Å². The SMILES string of the molecule is CCCC(C)N(C)c1nc2c(cc1C#N)CCC2. The highest BCUT2D eigenvalue weighted by Crippen LogP contribution is 2.27. The fraction of sp³-hybridized carbons (Fsp3) is 0.600. The fourth-order valence-corrected chi connectivity index (χ4v) is 2.63. The lowest BCUT2D eigenvalue weighted by atomic mass is 10.1. The molecule has 18 heavy (non-hydrogen) atoms. The van der Waals surface area contributed by atoms with Crippen molar-refractivity contribution in [1.82, 2.24) is 4.98 Å². The minimum atomic E-state index is 0.425. The molecule has 0 fully saturated rings. The van der Waals surface area contributed by atoms with E-state index in [4.69, 9.17) is 4.98 Å². The third kappa shape index (κ3) is 2.33. The number of aromatic nitrogens is 1. The van der Waals surface area contributed by atoms with Crippen LogP contribution in [0.4, 0.5) is 5.82 Å². The number of pyridine rings is 1. The molecule has 0 spiro atoms. The van der Waals surface area contributed by atoms with Gasteiger partial charge in [0.2, 0.25) is 0 Å². The number of aryl methyl sites for hydroxylation is 2. The van der Waals surface area contributed by atoms with Crippen LogP contribution in [0, 0.1) is 11.3 Å². The Hall–Kier alpha value is -1.56. The topological polar surface area (TPSA) is 39.9 Å². The summed E-state index contributed by atoms with van der Waals surface area (Å²) in [5.41, 5.74) is 3.19. The van der Waals surface area contributed by atoms with E-state index in [1.165, 1.54) is 17.7 Å². The molecule has 96 valence electrons. The number of hydrogen-bond donors (Lipinski definition) is 0. The Morgan fingerprint density at radius 3 is 2.94 bits per heavy atom. The molecule has 1 aromatic heterocycles. The van der Waals surface area contributed by atoms with Crippen LogP contribution in [-0.2, 0) is 12.8 Å². The highest BCUT2D eigenvalue weighted by atomic mass is 15.2. The molecule has 2 rings (SSSR count). The summed E-state index contributed by atoms with van der Waals surface area (Å²) in [6.45, 7) is 4.38. The molecule has 3 nitrogen and oxygen atoms in total. The maximum atomic E-state index is 9.29. The van der Waals surface area contributed by atoms with Gasteiger partial charge in [0, 0.05) is 18.8 Å². The number of anilines is 1. The molecule has 0 N–H and O–H groups in total. The Kier molecular flexibility index (Phi) is 3.86. The third-order valence-corrected chi connectivity index (χ3v) is 3.85. The van der Waals surface area contributed by atoms with Crippen molar-refractivity contribution < 1.29 is 0 Å². The van der Waals surface area contributed by atoms with E-state index in [9.17, 15) is 5.26 Å². The van der Waals surface area contributed by atoms with Crippen LogP contribution < -0.4 is 4.90 Å². The van der Waals surface area contributed by atoms with Crippen molar-refractivity contribution in [1.29, 1.82) is 5.26 Å². The molecule has 0 radical (unpaired) electrons. The van der Waals surface area contributed by atoms with Gasteiger partial charge in [0.25, 0.3) is 0 Å². The largest absolute Gasteiger partial charge is 0.356 e. The van der Waals surface area contributed by atoms with Gasteiger partial charge in [0.1, 0.15) is 11.9 Å². The normalized spacial score (nSPS) is 15.0. The number of nitrogens with zero attached hydrogens (tertiary/aromatic N) is 3. The zero-order chi connectivity index (χ0) is 13.1. The minimum absolute atomic E-state index is 0.425. The summed E-state index contributed by atoms with van der Waals surface area (Å²) in [6, 6.07) is 4.77. The van der Waals surface area contributed by atoms with Gasteiger partial charge in [-0.2, -0.15) is 5.26 Å². The summed E-state index contributed by atoms with van der Waals surface area (Å²) >= 11 is 0. The predicted octanol–water partition coefficient (Wildman–Crippen LogP) is 3.07. The fourth-order valence-electron chi connectivity index (χ4n) is 2.63. The smallest absolute Gasteiger partial charge is 0.146 e. The molecule has 1 aliphatic carbocycles. The van der Waals surface area contributed by atoms with Crippen molar-refractivity contribution in [2.24, 2.45) is 0 Å². The quantitative estimate of drug-likeness (QED) is 0.816. The zero-order valence-corrected chi connectivity index (χ0v) is 11.5. The van der Waals surface area contributed by atoms with Crippen LogP contribution >= 0.6 is 0 Å². The van der Waals surface area contributed by atoms with Crippen LogP contribution in [0.25, 0.3) is 0 Å². The Bertz CT molecular complexity index is 473. The predicted molar refractivity (Wildman–Crippen MR) is 73.8 cm³/mol. The van der Waals surface area contributed by atoms with E-state index in [1.54, 1.807) is 0 Å². The first-order valence-corrected chi connectivity index (χ1v) is 6.83. The van der Waals surface area contributed by atoms with Crippen LogP contribution in [0.2, 0.25) is 0 Å². The highest BCUT2D eigenvalue weighted by Gasteiger charge is 2.20. The van der Waals surface area contributed by atoms with Gasteiger partial charge in [0.15, 0.2) is 0 Å². The van der Waals surface area contributed by atoms with Gasteiger partial charge in [-0.05, 0) is 44.2 Å². The molecule has 0 aliphatic heterocycles. The molecule has 1 unspecified atom stereocenters.